The lowest BCUT2D eigenvalue weighted by Gasteiger charge is -1.94. The number of nitrogens with zero attached hydrogens (tertiary/aromatic N) is 2. The summed E-state index contributed by atoms with van der Waals surface area (Å²) in [5.74, 6) is 0. The largest absolute Gasteiger partial charge is 0.336 e. The van der Waals surface area contributed by atoms with Crippen molar-refractivity contribution < 1.29 is 8.42 Å². The second kappa shape index (κ2) is 3.24. The third kappa shape index (κ3) is 2.05. The van der Waals surface area contributed by atoms with Crippen molar-refractivity contribution in [1.82, 2.24) is 9.55 Å². The average Bonchev–Trinajstić information content (AvgIpc) is 2.35. The van der Waals surface area contributed by atoms with Gasteiger partial charge in [-0.05, 0) is 6.42 Å². The highest BCUT2D eigenvalue weighted by Gasteiger charge is 2.10. The molecule has 12 heavy (non-hydrogen) atoms. The predicted molar refractivity (Wildman–Crippen MR) is 43.9 cm³/mol. The van der Waals surface area contributed by atoms with Gasteiger partial charge in [-0.25, -0.2) is 18.5 Å². The number of aromatic nitrogens is 2. The first-order valence-electron chi connectivity index (χ1n) is 3.58. The summed E-state index contributed by atoms with van der Waals surface area (Å²) < 4.78 is 23.2. The first-order chi connectivity index (χ1) is 5.54. The number of rotatable bonds is 3. The van der Waals surface area contributed by atoms with Crippen LogP contribution < -0.4 is 5.14 Å². The van der Waals surface area contributed by atoms with E-state index in [2.05, 4.69) is 4.98 Å². The van der Waals surface area contributed by atoms with Gasteiger partial charge in [0.25, 0.3) is 10.0 Å². The Hall–Kier alpha value is -0.880. The third-order valence-corrected chi connectivity index (χ3v) is 2.18. The molecule has 0 atom stereocenters. The Morgan fingerprint density at radius 3 is 2.75 bits per heavy atom. The summed E-state index contributed by atoms with van der Waals surface area (Å²) in [6.07, 6.45) is 3.82. The van der Waals surface area contributed by atoms with Gasteiger partial charge in [-0.1, -0.05) is 6.92 Å². The van der Waals surface area contributed by atoms with Crippen LogP contribution in [-0.4, -0.2) is 18.0 Å². The Kier molecular flexibility index (Phi) is 2.49. The Balaban J connectivity index is 2.92. The molecule has 0 spiro atoms. The smallest absolute Gasteiger partial charge is 0.257 e. The maximum absolute atomic E-state index is 10.8. The summed E-state index contributed by atoms with van der Waals surface area (Å²) in [7, 11) is -3.63. The van der Waals surface area contributed by atoms with E-state index >= 15 is 0 Å². The normalized spacial score (nSPS) is 11.8. The molecule has 1 rings (SSSR count). The first kappa shape index (κ1) is 9.21. The van der Waals surface area contributed by atoms with E-state index < -0.39 is 10.0 Å². The van der Waals surface area contributed by atoms with E-state index in [1.165, 1.54) is 12.5 Å². The van der Waals surface area contributed by atoms with Crippen LogP contribution in [0.1, 0.15) is 13.3 Å². The molecule has 1 aromatic rings. The average molecular weight is 189 g/mol. The van der Waals surface area contributed by atoms with Gasteiger partial charge in [0.05, 0.1) is 6.33 Å². The molecule has 0 aromatic carbocycles. The second-order valence-electron chi connectivity index (χ2n) is 2.49. The quantitative estimate of drug-likeness (QED) is 0.723. The lowest BCUT2D eigenvalue weighted by atomic mass is 10.5. The van der Waals surface area contributed by atoms with Gasteiger partial charge < -0.3 is 4.57 Å². The van der Waals surface area contributed by atoms with Crippen molar-refractivity contribution in [3.63, 3.8) is 0 Å². The molecular formula is C6H11N3O2S. The fourth-order valence-electron chi connectivity index (χ4n) is 0.867. The van der Waals surface area contributed by atoms with E-state index in [1.54, 1.807) is 4.57 Å². The minimum absolute atomic E-state index is 0.0732. The number of aryl methyl sites for hydroxylation is 1. The summed E-state index contributed by atoms with van der Waals surface area (Å²) in [6.45, 7) is 2.75. The molecule has 0 bridgehead atoms. The summed E-state index contributed by atoms with van der Waals surface area (Å²) in [4.78, 5) is 3.66. The van der Waals surface area contributed by atoms with Crippen LogP contribution in [0.15, 0.2) is 17.6 Å². The van der Waals surface area contributed by atoms with E-state index in [1.807, 2.05) is 6.92 Å². The molecule has 1 heterocycles. The molecule has 6 heteroatoms. The van der Waals surface area contributed by atoms with Gasteiger partial charge in [0, 0.05) is 12.7 Å². The number of nitrogens with two attached hydrogens (primary N) is 1. The van der Waals surface area contributed by atoms with Crippen LogP contribution in [-0.2, 0) is 16.6 Å². The lowest BCUT2D eigenvalue weighted by molar-refractivity contribution is 0.594. The lowest BCUT2D eigenvalue weighted by Crippen LogP contribution is -2.12. The van der Waals surface area contributed by atoms with E-state index in [0.717, 1.165) is 13.0 Å². The van der Waals surface area contributed by atoms with Gasteiger partial charge in [0.15, 0.2) is 5.03 Å². The number of hydrogen-bond donors (Lipinski definition) is 1. The van der Waals surface area contributed by atoms with Gasteiger partial charge in [-0.15, -0.1) is 0 Å². The van der Waals surface area contributed by atoms with Gasteiger partial charge in [0.1, 0.15) is 0 Å². The fourth-order valence-corrected chi connectivity index (χ4v) is 1.34. The van der Waals surface area contributed by atoms with Crippen molar-refractivity contribution in [2.45, 2.75) is 24.9 Å². The van der Waals surface area contributed by atoms with Crippen molar-refractivity contribution in [2.24, 2.45) is 5.14 Å². The van der Waals surface area contributed by atoms with Gasteiger partial charge in [-0.3, -0.25) is 0 Å². The van der Waals surface area contributed by atoms with E-state index in [9.17, 15) is 8.42 Å². The molecule has 0 aliphatic heterocycles. The van der Waals surface area contributed by atoms with Crippen LogP contribution in [0, 0.1) is 0 Å². The monoisotopic (exact) mass is 189 g/mol. The molecule has 2 N–H and O–H groups in total. The van der Waals surface area contributed by atoms with Gasteiger partial charge in [-0.2, -0.15) is 0 Å². The molecule has 0 radical (unpaired) electrons. The van der Waals surface area contributed by atoms with Crippen molar-refractivity contribution in [1.29, 1.82) is 0 Å². The number of sulfonamides is 1. The zero-order valence-electron chi connectivity index (χ0n) is 6.77. The third-order valence-electron chi connectivity index (χ3n) is 1.38. The van der Waals surface area contributed by atoms with Crippen LogP contribution in [0.2, 0.25) is 0 Å². The molecule has 1 aromatic heterocycles. The Labute approximate surface area is 71.3 Å². The SMILES string of the molecule is CCCn1cnc(S(N)(=O)=O)c1. The molecule has 0 aliphatic rings. The molecule has 0 aliphatic carbocycles. The molecule has 0 fully saturated rings. The van der Waals surface area contributed by atoms with Crippen molar-refractivity contribution in [3.05, 3.63) is 12.5 Å². The minimum atomic E-state index is -3.63. The molecule has 0 saturated carbocycles. The minimum Gasteiger partial charge on any atom is -0.336 e. The summed E-state index contributed by atoms with van der Waals surface area (Å²) in [6, 6.07) is 0. The van der Waals surface area contributed by atoms with Crippen molar-refractivity contribution in [2.75, 3.05) is 0 Å². The Bertz CT molecular complexity index is 355. The topological polar surface area (TPSA) is 78.0 Å². The zero-order valence-corrected chi connectivity index (χ0v) is 7.58. The fraction of sp³-hybridized carbons (Fsp3) is 0.500. The summed E-state index contributed by atoms with van der Waals surface area (Å²) in [5.41, 5.74) is 0. The van der Waals surface area contributed by atoms with E-state index in [4.69, 9.17) is 5.14 Å². The van der Waals surface area contributed by atoms with Crippen LogP contribution in [0.5, 0.6) is 0 Å². The Morgan fingerprint density at radius 1 is 1.67 bits per heavy atom. The first-order valence-corrected chi connectivity index (χ1v) is 5.13. The molecule has 0 saturated heterocycles. The summed E-state index contributed by atoms with van der Waals surface area (Å²) in [5, 5.41) is 4.79. The van der Waals surface area contributed by atoms with E-state index in [0.29, 0.717) is 0 Å². The van der Waals surface area contributed by atoms with Gasteiger partial charge in [0.2, 0.25) is 0 Å². The molecule has 68 valence electrons. The molecular weight excluding hydrogens is 178 g/mol. The second-order valence-corrected chi connectivity index (χ2v) is 4.00. The molecule has 5 nitrogen and oxygen atoms in total. The van der Waals surface area contributed by atoms with Crippen molar-refractivity contribution >= 4 is 10.0 Å². The predicted octanol–water partition coefficient (Wildman–Crippen LogP) is -0.0595. The Morgan fingerprint density at radius 2 is 2.33 bits per heavy atom. The zero-order chi connectivity index (χ0) is 9.19. The maximum Gasteiger partial charge on any atom is 0.257 e. The standard InChI is InChI=1S/C6H11N3O2S/c1-2-3-9-4-6(8-5-9)12(7,10)11/h4-5H,2-3H2,1H3,(H2,7,10,11). The van der Waals surface area contributed by atoms with E-state index in [-0.39, 0.29) is 5.03 Å². The highest BCUT2D eigenvalue weighted by atomic mass is 32.2. The molecule has 0 amide bonds. The number of imidazole rings is 1. The highest BCUT2D eigenvalue weighted by molar-refractivity contribution is 7.89. The number of primary sulfonamides is 1. The van der Waals surface area contributed by atoms with Crippen LogP contribution in [0.3, 0.4) is 0 Å². The molecule has 0 unspecified atom stereocenters. The number of hydrogen-bond acceptors (Lipinski definition) is 3. The van der Waals surface area contributed by atoms with Crippen LogP contribution in [0.4, 0.5) is 0 Å². The maximum atomic E-state index is 10.8. The van der Waals surface area contributed by atoms with Crippen LogP contribution in [0.25, 0.3) is 0 Å². The van der Waals surface area contributed by atoms with Crippen molar-refractivity contribution in [3.8, 4) is 0 Å². The van der Waals surface area contributed by atoms with Gasteiger partial charge >= 0.3 is 0 Å². The highest BCUT2D eigenvalue weighted by Crippen LogP contribution is 2.02. The van der Waals surface area contributed by atoms with Crippen LogP contribution >= 0.6 is 0 Å². The summed E-state index contributed by atoms with van der Waals surface area (Å²) >= 11 is 0.